The van der Waals surface area contributed by atoms with Crippen LogP contribution in [0.5, 0.6) is 0 Å². The number of nitrogens with zero attached hydrogens (tertiary/aromatic N) is 1. The van der Waals surface area contributed by atoms with Crippen molar-refractivity contribution in [2.45, 2.75) is 33.2 Å². The predicted molar refractivity (Wildman–Crippen MR) is 67.0 cm³/mol. The van der Waals surface area contributed by atoms with Crippen LogP contribution >= 0.6 is 11.3 Å². The van der Waals surface area contributed by atoms with Gasteiger partial charge in [-0.1, -0.05) is 0 Å². The van der Waals surface area contributed by atoms with Gasteiger partial charge in [-0.25, -0.2) is 4.98 Å². The van der Waals surface area contributed by atoms with Crippen LogP contribution in [0, 0.1) is 19.8 Å². The van der Waals surface area contributed by atoms with Gasteiger partial charge in [0.25, 0.3) is 0 Å². The number of ether oxygens (including phenoxy) is 1. The zero-order valence-electron chi connectivity index (χ0n) is 10.3. The minimum atomic E-state index is 0.117. The summed E-state index contributed by atoms with van der Waals surface area (Å²) in [6, 6.07) is 0. The fourth-order valence-electron chi connectivity index (χ4n) is 2.00. The summed E-state index contributed by atoms with van der Waals surface area (Å²) in [6.45, 7) is 6.09. The van der Waals surface area contributed by atoms with E-state index in [0.29, 0.717) is 18.9 Å². The van der Waals surface area contributed by atoms with E-state index in [-0.39, 0.29) is 5.91 Å². The zero-order valence-corrected chi connectivity index (χ0v) is 11.1. The minimum Gasteiger partial charge on any atom is -0.381 e. The number of hydrogen-bond acceptors (Lipinski definition) is 4. The maximum Gasteiger partial charge on any atom is 0.220 e. The summed E-state index contributed by atoms with van der Waals surface area (Å²) in [5.74, 6) is 0.519. The Bertz CT molecular complexity index is 397. The summed E-state index contributed by atoms with van der Waals surface area (Å²) in [5.41, 5.74) is 1.02. The monoisotopic (exact) mass is 254 g/mol. The molecule has 1 fully saturated rings. The van der Waals surface area contributed by atoms with Crippen LogP contribution in [0.1, 0.15) is 28.4 Å². The molecule has 0 aliphatic carbocycles. The molecule has 1 N–H and O–H groups in total. The van der Waals surface area contributed by atoms with Gasteiger partial charge in [-0.15, -0.1) is 11.3 Å². The van der Waals surface area contributed by atoms with Crippen LogP contribution < -0.4 is 5.32 Å². The van der Waals surface area contributed by atoms with Crippen LogP contribution in [0.15, 0.2) is 0 Å². The van der Waals surface area contributed by atoms with Gasteiger partial charge in [-0.2, -0.15) is 0 Å². The van der Waals surface area contributed by atoms with Crippen LogP contribution in [-0.2, 0) is 16.1 Å². The van der Waals surface area contributed by atoms with Gasteiger partial charge in [0.05, 0.1) is 17.2 Å². The van der Waals surface area contributed by atoms with Crippen molar-refractivity contribution >= 4 is 17.2 Å². The van der Waals surface area contributed by atoms with Crippen molar-refractivity contribution in [3.8, 4) is 0 Å². The third-order valence-corrected chi connectivity index (χ3v) is 4.02. The van der Waals surface area contributed by atoms with E-state index in [4.69, 9.17) is 4.74 Å². The lowest BCUT2D eigenvalue weighted by Gasteiger charge is -2.07. The smallest absolute Gasteiger partial charge is 0.220 e. The largest absolute Gasteiger partial charge is 0.381 e. The summed E-state index contributed by atoms with van der Waals surface area (Å²) in [6.07, 6.45) is 1.59. The SMILES string of the molecule is Cc1nc(C)c(CNC(=O)C[C@@H]2CCOC2)s1. The quantitative estimate of drug-likeness (QED) is 0.891. The van der Waals surface area contributed by atoms with Crippen molar-refractivity contribution in [3.63, 3.8) is 0 Å². The topological polar surface area (TPSA) is 51.2 Å². The van der Waals surface area contributed by atoms with E-state index in [1.807, 2.05) is 13.8 Å². The van der Waals surface area contributed by atoms with Crippen molar-refractivity contribution < 1.29 is 9.53 Å². The summed E-state index contributed by atoms with van der Waals surface area (Å²) < 4.78 is 5.26. The number of thiazole rings is 1. The molecule has 0 radical (unpaired) electrons. The predicted octanol–water partition coefficient (Wildman–Crippen LogP) is 1.80. The number of aromatic nitrogens is 1. The number of rotatable bonds is 4. The molecule has 0 spiro atoms. The highest BCUT2D eigenvalue weighted by molar-refractivity contribution is 7.11. The standard InChI is InChI=1S/C12H18N2O2S/c1-8-11(17-9(2)14-8)6-13-12(15)5-10-3-4-16-7-10/h10H,3-7H2,1-2H3,(H,13,15)/t10-/m0/s1. The van der Waals surface area contributed by atoms with Gasteiger partial charge in [0.15, 0.2) is 0 Å². The van der Waals surface area contributed by atoms with Crippen LogP contribution in [0.4, 0.5) is 0 Å². The first-order chi connectivity index (χ1) is 8.15. The third-order valence-electron chi connectivity index (χ3n) is 2.94. The Morgan fingerprint density at radius 1 is 1.59 bits per heavy atom. The highest BCUT2D eigenvalue weighted by Crippen LogP contribution is 2.18. The van der Waals surface area contributed by atoms with E-state index < -0.39 is 0 Å². The van der Waals surface area contributed by atoms with Crippen molar-refractivity contribution in [2.75, 3.05) is 13.2 Å². The molecule has 0 bridgehead atoms. The number of aryl methyl sites for hydroxylation is 2. The number of nitrogens with one attached hydrogen (secondary N) is 1. The molecule has 2 rings (SSSR count). The number of amides is 1. The first kappa shape index (κ1) is 12.5. The van der Waals surface area contributed by atoms with E-state index >= 15 is 0 Å². The van der Waals surface area contributed by atoms with Gasteiger partial charge in [0, 0.05) is 24.5 Å². The van der Waals surface area contributed by atoms with E-state index in [9.17, 15) is 4.79 Å². The highest BCUT2D eigenvalue weighted by Gasteiger charge is 2.19. The zero-order chi connectivity index (χ0) is 12.3. The lowest BCUT2D eigenvalue weighted by molar-refractivity contribution is -0.122. The number of carbonyl (C=O) groups excluding carboxylic acids is 1. The fourth-order valence-corrected chi connectivity index (χ4v) is 2.87. The molecule has 1 aliphatic rings. The molecule has 1 atom stereocenters. The van der Waals surface area contributed by atoms with Crippen molar-refractivity contribution in [2.24, 2.45) is 5.92 Å². The second kappa shape index (κ2) is 5.60. The molecule has 2 heterocycles. The first-order valence-corrected chi connectivity index (χ1v) is 6.74. The van der Waals surface area contributed by atoms with E-state index in [0.717, 1.165) is 35.2 Å². The van der Waals surface area contributed by atoms with Crippen LogP contribution in [0.2, 0.25) is 0 Å². The van der Waals surface area contributed by atoms with Crippen molar-refractivity contribution in [1.82, 2.24) is 10.3 Å². The lowest BCUT2D eigenvalue weighted by Crippen LogP contribution is -2.25. The average Bonchev–Trinajstić information content (AvgIpc) is 2.86. The average molecular weight is 254 g/mol. The minimum absolute atomic E-state index is 0.117. The summed E-state index contributed by atoms with van der Waals surface area (Å²) in [5, 5.41) is 4.01. The number of hydrogen-bond donors (Lipinski definition) is 1. The lowest BCUT2D eigenvalue weighted by atomic mass is 10.1. The molecule has 0 unspecified atom stereocenters. The molecule has 0 saturated carbocycles. The molecular formula is C12H18N2O2S. The molecule has 1 aromatic heterocycles. The second-order valence-electron chi connectivity index (χ2n) is 4.45. The Labute approximate surface area is 105 Å². The van der Waals surface area contributed by atoms with E-state index in [2.05, 4.69) is 10.3 Å². The van der Waals surface area contributed by atoms with Crippen LogP contribution in [-0.4, -0.2) is 24.1 Å². The third kappa shape index (κ3) is 3.51. The van der Waals surface area contributed by atoms with E-state index in [1.165, 1.54) is 0 Å². The Morgan fingerprint density at radius 3 is 3.00 bits per heavy atom. The van der Waals surface area contributed by atoms with Gasteiger partial charge in [0.1, 0.15) is 0 Å². The Kier molecular flexibility index (Phi) is 4.12. The molecule has 4 nitrogen and oxygen atoms in total. The molecule has 1 saturated heterocycles. The molecule has 1 aromatic rings. The van der Waals surface area contributed by atoms with Gasteiger partial charge in [-0.3, -0.25) is 4.79 Å². The maximum atomic E-state index is 11.7. The van der Waals surface area contributed by atoms with E-state index in [1.54, 1.807) is 11.3 Å². The van der Waals surface area contributed by atoms with Gasteiger partial charge in [-0.05, 0) is 26.2 Å². The second-order valence-corrected chi connectivity index (χ2v) is 5.74. The highest BCUT2D eigenvalue weighted by atomic mass is 32.1. The van der Waals surface area contributed by atoms with Crippen molar-refractivity contribution in [1.29, 1.82) is 0 Å². The molecule has 94 valence electrons. The first-order valence-electron chi connectivity index (χ1n) is 5.92. The molecule has 17 heavy (non-hydrogen) atoms. The van der Waals surface area contributed by atoms with Gasteiger partial charge < -0.3 is 10.1 Å². The Balaban J connectivity index is 1.77. The Hall–Kier alpha value is -0.940. The molecule has 1 amide bonds. The molecule has 5 heteroatoms. The maximum absolute atomic E-state index is 11.7. The molecule has 0 aromatic carbocycles. The fraction of sp³-hybridized carbons (Fsp3) is 0.667. The van der Waals surface area contributed by atoms with Crippen LogP contribution in [0.25, 0.3) is 0 Å². The summed E-state index contributed by atoms with van der Waals surface area (Å²) in [7, 11) is 0. The number of carbonyl (C=O) groups is 1. The van der Waals surface area contributed by atoms with Gasteiger partial charge >= 0.3 is 0 Å². The molecular weight excluding hydrogens is 236 g/mol. The summed E-state index contributed by atoms with van der Waals surface area (Å²) >= 11 is 1.65. The summed E-state index contributed by atoms with van der Waals surface area (Å²) in [4.78, 5) is 17.2. The van der Waals surface area contributed by atoms with Crippen molar-refractivity contribution in [3.05, 3.63) is 15.6 Å². The van der Waals surface area contributed by atoms with Crippen LogP contribution in [0.3, 0.4) is 0 Å². The van der Waals surface area contributed by atoms with Gasteiger partial charge in [0.2, 0.25) is 5.91 Å². The normalized spacial score (nSPS) is 19.5. The molecule has 1 aliphatic heterocycles. The Morgan fingerprint density at radius 2 is 2.41 bits per heavy atom.